The lowest BCUT2D eigenvalue weighted by Gasteiger charge is -2.20. The molecular weight excluding hydrogens is 366 g/mol. The molecule has 0 aliphatic carbocycles. The van der Waals surface area contributed by atoms with Crippen molar-refractivity contribution in [2.75, 3.05) is 21.1 Å². The number of rotatable bonds is 20. The van der Waals surface area contributed by atoms with Crippen molar-refractivity contribution in [3.63, 3.8) is 0 Å². The Morgan fingerprint density at radius 2 is 0.750 bits per heavy atom. The molecule has 0 atom stereocenters. The first-order chi connectivity index (χ1) is 13.0. The van der Waals surface area contributed by atoms with Gasteiger partial charge in [0.15, 0.2) is 0 Å². The van der Waals surface area contributed by atoms with Gasteiger partial charge in [-0.3, -0.25) is 4.48 Å². The molecule has 0 aliphatic rings. The van der Waals surface area contributed by atoms with E-state index in [9.17, 15) is 4.79 Å². The zero-order chi connectivity index (χ0) is 20.2. The highest BCUT2D eigenvalue weighted by atomic mass is 35.5. The van der Waals surface area contributed by atoms with Crippen LogP contribution in [0.2, 0.25) is 0 Å². The van der Waals surface area contributed by atoms with Gasteiger partial charge in [0, 0.05) is 0 Å². The minimum Gasteiger partial charge on any atom is -1.00 e. The van der Waals surface area contributed by atoms with Gasteiger partial charge in [-0.1, -0.05) is 122 Å². The average molecular weight is 418 g/mol. The molecule has 0 spiro atoms. The van der Waals surface area contributed by atoms with Crippen molar-refractivity contribution >= 4 is 5.91 Å². The molecule has 2 nitrogen and oxygen atoms in total. The molecule has 0 fully saturated rings. The highest BCUT2D eigenvalue weighted by molar-refractivity contribution is 5.68. The first kappa shape index (κ1) is 30.1. The third-order valence-corrected chi connectivity index (χ3v) is 5.74. The second kappa shape index (κ2) is 21.6. The average Bonchev–Trinajstić information content (AvgIpc) is 2.62. The summed E-state index contributed by atoms with van der Waals surface area (Å²) in [6, 6.07) is 0. The van der Waals surface area contributed by atoms with Gasteiger partial charge in [-0.2, -0.15) is 0 Å². The number of carbonyl (C=O) groups is 1. The molecule has 0 bridgehead atoms. The zero-order valence-electron chi connectivity index (χ0n) is 19.9. The number of amides is 1. The van der Waals surface area contributed by atoms with Crippen LogP contribution in [-0.4, -0.2) is 31.5 Å². The van der Waals surface area contributed by atoms with E-state index in [4.69, 9.17) is 0 Å². The molecule has 28 heavy (non-hydrogen) atoms. The van der Waals surface area contributed by atoms with Crippen molar-refractivity contribution in [1.29, 1.82) is 0 Å². The maximum absolute atomic E-state index is 11.8. The smallest absolute Gasteiger partial charge is 0.313 e. The lowest BCUT2D eigenvalue weighted by Crippen LogP contribution is -3.00. The van der Waals surface area contributed by atoms with Crippen LogP contribution in [0, 0.1) is 0 Å². The molecule has 0 radical (unpaired) electrons. The SMILES string of the molecule is CCCCCCCCCCCCCCCCCCCCCC(=O)[N+](C)(C)C.[Cl-]. The Morgan fingerprint density at radius 1 is 0.500 bits per heavy atom. The van der Waals surface area contributed by atoms with Crippen molar-refractivity contribution < 1.29 is 21.7 Å². The molecule has 0 rings (SSSR count). The molecule has 0 saturated heterocycles. The van der Waals surface area contributed by atoms with Gasteiger partial charge in [-0.25, -0.2) is 4.79 Å². The molecule has 0 aromatic carbocycles. The van der Waals surface area contributed by atoms with Crippen LogP contribution in [0.5, 0.6) is 0 Å². The van der Waals surface area contributed by atoms with E-state index in [0.29, 0.717) is 10.4 Å². The third kappa shape index (κ3) is 22.2. The minimum atomic E-state index is 0. The van der Waals surface area contributed by atoms with E-state index in [-0.39, 0.29) is 12.4 Å². The summed E-state index contributed by atoms with van der Waals surface area (Å²) in [5.41, 5.74) is 0. The first-order valence-electron chi connectivity index (χ1n) is 12.3. The number of carbonyl (C=O) groups excluding carboxylic acids is 1. The summed E-state index contributed by atoms with van der Waals surface area (Å²) < 4.78 is 0.471. The van der Waals surface area contributed by atoms with E-state index >= 15 is 0 Å². The van der Waals surface area contributed by atoms with Gasteiger partial charge >= 0.3 is 5.91 Å². The minimum absolute atomic E-state index is 0. The van der Waals surface area contributed by atoms with E-state index in [1.807, 2.05) is 21.1 Å². The van der Waals surface area contributed by atoms with Crippen LogP contribution in [0.3, 0.4) is 0 Å². The van der Waals surface area contributed by atoms with E-state index in [1.165, 1.54) is 116 Å². The highest BCUT2D eigenvalue weighted by Crippen LogP contribution is 2.15. The van der Waals surface area contributed by atoms with E-state index in [0.717, 1.165) is 12.8 Å². The lowest BCUT2D eigenvalue weighted by atomic mass is 10.0. The normalized spacial score (nSPS) is 11.4. The number of hydrogen-bond donors (Lipinski definition) is 0. The maximum Gasteiger partial charge on any atom is 0.313 e. The molecule has 0 unspecified atom stereocenters. The molecule has 0 aromatic heterocycles. The summed E-state index contributed by atoms with van der Waals surface area (Å²) in [4.78, 5) is 11.8. The Bertz CT molecular complexity index is 325. The maximum atomic E-state index is 11.8. The molecule has 0 heterocycles. The summed E-state index contributed by atoms with van der Waals surface area (Å²) in [6.45, 7) is 2.29. The van der Waals surface area contributed by atoms with E-state index in [2.05, 4.69) is 6.92 Å². The van der Waals surface area contributed by atoms with Crippen molar-refractivity contribution in [3.8, 4) is 0 Å². The van der Waals surface area contributed by atoms with Gasteiger partial charge in [-0.05, 0) is 6.42 Å². The van der Waals surface area contributed by atoms with Crippen LogP contribution in [0.15, 0.2) is 0 Å². The summed E-state index contributed by atoms with van der Waals surface area (Å²) in [7, 11) is 5.91. The van der Waals surface area contributed by atoms with Crippen LogP contribution in [0.4, 0.5) is 0 Å². The molecule has 170 valence electrons. The van der Waals surface area contributed by atoms with Gasteiger partial charge in [0.05, 0.1) is 27.6 Å². The van der Waals surface area contributed by atoms with Gasteiger partial charge in [-0.15, -0.1) is 0 Å². The monoisotopic (exact) mass is 417 g/mol. The molecule has 0 saturated carbocycles. The van der Waals surface area contributed by atoms with Crippen LogP contribution in [0.1, 0.15) is 135 Å². The van der Waals surface area contributed by atoms with Crippen molar-refractivity contribution in [2.45, 2.75) is 135 Å². The molecule has 0 aromatic rings. The number of hydrogen-bond acceptors (Lipinski definition) is 1. The fourth-order valence-corrected chi connectivity index (χ4v) is 3.69. The highest BCUT2D eigenvalue weighted by Gasteiger charge is 2.18. The van der Waals surface area contributed by atoms with Gasteiger partial charge in [0.2, 0.25) is 0 Å². The number of unbranched alkanes of at least 4 members (excludes halogenated alkanes) is 18. The Balaban J connectivity index is 0. The van der Waals surface area contributed by atoms with Gasteiger partial charge in [0.1, 0.15) is 0 Å². The van der Waals surface area contributed by atoms with E-state index < -0.39 is 0 Å². The van der Waals surface area contributed by atoms with Crippen molar-refractivity contribution in [1.82, 2.24) is 0 Å². The number of quaternary nitrogens is 1. The summed E-state index contributed by atoms with van der Waals surface area (Å²) >= 11 is 0. The van der Waals surface area contributed by atoms with Crippen LogP contribution in [-0.2, 0) is 4.79 Å². The fraction of sp³-hybridized carbons (Fsp3) is 0.960. The summed E-state index contributed by atoms with van der Waals surface area (Å²) in [5.74, 6) is 0.363. The Labute approximate surface area is 184 Å². The molecule has 3 heteroatoms. The standard InChI is InChI=1S/C25H52NO.ClH/c1-5-6-7-8-9-10-11-12-13-14-15-16-17-18-19-20-21-22-23-24-25(27)26(2,3)4;/h5-24H2,1-4H3;1H/q+1;/p-1. The fourth-order valence-electron chi connectivity index (χ4n) is 3.69. The zero-order valence-corrected chi connectivity index (χ0v) is 20.6. The Kier molecular flexibility index (Phi) is 23.3. The Hall–Kier alpha value is -0.0800. The summed E-state index contributed by atoms with van der Waals surface area (Å²) in [5, 5.41) is 0. The molecule has 0 aliphatic heterocycles. The largest absolute Gasteiger partial charge is 1.00 e. The van der Waals surface area contributed by atoms with Crippen LogP contribution >= 0.6 is 0 Å². The van der Waals surface area contributed by atoms with Crippen molar-refractivity contribution in [2.24, 2.45) is 0 Å². The summed E-state index contributed by atoms with van der Waals surface area (Å²) in [6.07, 6.45) is 27.3. The lowest BCUT2D eigenvalue weighted by molar-refractivity contribution is -0.792. The molecular formula is C25H52ClNO. The van der Waals surface area contributed by atoms with Gasteiger partial charge < -0.3 is 12.4 Å². The van der Waals surface area contributed by atoms with Crippen LogP contribution in [0.25, 0.3) is 0 Å². The second-order valence-corrected chi connectivity index (χ2v) is 9.52. The quantitative estimate of drug-likeness (QED) is 0.200. The first-order valence-corrected chi connectivity index (χ1v) is 12.3. The van der Waals surface area contributed by atoms with Crippen molar-refractivity contribution in [3.05, 3.63) is 0 Å². The molecule has 1 amide bonds. The predicted molar refractivity (Wildman–Crippen MR) is 121 cm³/mol. The van der Waals surface area contributed by atoms with E-state index in [1.54, 1.807) is 0 Å². The third-order valence-electron chi connectivity index (χ3n) is 5.74. The predicted octanol–water partition coefficient (Wildman–Crippen LogP) is 5.05. The molecule has 0 N–H and O–H groups in total. The number of nitrogens with zero attached hydrogens (tertiary/aromatic N) is 1. The van der Waals surface area contributed by atoms with Gasteiger partial charge in [0.25, 0.3) is 0 Å². The van der Waals surface area contributed by atoms with Crippen LogP contribution < -0.4 is 12.4 Å². The second-order valence-electron chi connectivity index (χ2n) is 9.52. The topological polar surface area (TPSA) is 17.1 Å². The Morgan fingerprint density at radius 3 is 1.00 bits per heavy atom. The number of halogens is 1.